The zero-order chi connectivity index (χ0) is 43.0. The van der Waals surface area contributed by atoms with Crippen LogP contribution < -0.4 is 0 Å². The maximum Gasteiger partial charge on any atom is 0.306 e. The van der Waals surface area contributed by atoms with E-state index in [-0.39, 0.29) is 37.5 Å². The third-order valence-electron chi connectivity index (χ3n) is 10.8. The summed E-state index contributed by atoms with van der Waals surface area (Å²) in [5.74, 6) is -0.939. The summed E-state index contributed by atoms with van der Waals surface area (Å²) >= 11 is 0. The standard InChI is InChI=1S/C53H94O6/c1-4-7-10-13-16-19-22-25-26-27-28-29-32-34-37-40-43-46-52(55)58-49-50(59-53(56)47-44-41-38-35-31-24-21-18-15-12-9-6-3)48-57-51(54)45-42-39-36-33-30-23-20-17-14-11-8-5-2/h16,19,25-26,28-29,34,37,50H,4-15,17-18,20-24,27,30-33,35-36,38-49H2,1-3H3/b19-16-,26-25-,29-28-,37-34-. The van der Waals surface area contributed by atoms with Gasteiger partial charge in [0.1, 0.15) is 13.2 Å². The van der Waals surface area contributed by atoms with Crippen molar-refractivity contribution >= 4 is 17.9 Å². The van der Waals surface area contributed by atoms with Gasteiger partial charge in [0.05, 0.1) is 0 Å². The normalized spacial score (nSPS) is 12.4. The Bertz CT molecular complexity index is 1040. The van der Waals surface area contributed by atoms with Gasteiger partial charge in [0.25, 0.3) is 0 Å². The van der Waals surface area contributed by atoms with Gasteiger partial charge in [-0.2, -0.15) is 0 Å². The van der Waals surface area contributed by atoms with E-state index in [1.807, 2.05) is 0 Å². The Morgan fingerprint density at radius 2 is 0.627 bits per heavy atom. The largest absolute Gasteiger partial charge is 0.462 e. The first-order valence-corrected chi connectivity index (χ1v) is 25.1. The summed E-state index contributed by atoms with van der Waals surface area (Å²) < 4.78 is 16.7. The molecule has 0 saturated heterocycles. The van der Waals surface area contributed by atoms with Gasteiger partial charge in [0, 0.05) is 19.3 Å². The Hall–Kier alpha value is -2.63. The number of carbonyl (C=O) groups excluding carboxylic acids is 3. The molecule has 0 fully saturated rings. The molecular formula is C53H94O6. The van der Waals surface area contributed by atoms with E-state index < -0.39 is 6.10 Å². The van der Waals surface area contributed by atoms with Crippen LogP contribution in [0.5, 0.6) is 0 Å². The monoisotopic (exact) mass is 827 g/mol. The summed E-state index contributed by atoms with van der Waals surface area (Å²) in [4.78, 5) is 37.8. The third kappa shape index (κ3) is 46.3. The fourth-order valence-corrected chi connectivity index (χ4v) is 7.02. The Kier molecular flexibility index (Phi) is 45.9. The first-order valence-electron chi connectivity index (χ1n) is 25.1. The van der Waals surface area contributed by atoms with Gasteiger partial charge in [-0.25, -0.2) is 0 Å². The van der Waals surface area contributed by atoms with E-state index in [9.17, 15) is 14.4 Å². The van der Waals surface area contributed by atoms with Crippen molar-refractivity contribution in [3.8, 4) is 0 Å². The number of unbranched alkanes of at least 4 members (excludes halogenated alkanes) is 26. The highest BCUT2D eigenvalue weighted by molar-refractivity contribution is 5.71. The van der Waals surface area contributed by atoms with Crippen LogP contribution in [0, 0.1) is 0 Å². The van der Waals surface area contributed by atoms with E-state index in [0.29, 0.717) is 19.3 Å². The minimum absolute atomic E-state index is 0.0865. The Morgan fingerprint density at radius 1 is 0.339 bits per heavy atom. The smallest absolute Gasteiger partial charge is 0.306 e. The molecule has 342 valence electrons. The molecule has 0 rings (SSSR count). The van der Waals surface area contributed by atoms with Gasteiger partial charge in [0.2, 0.25) is 0 Å². The van der Waals surface area contributed by atoms with Crippen LogP contribution in [0.2, 0.25) is 0 Å². The van der Waals surface area contributed by atoms with Crippen LogP contribution in [0.15, 0.2) is 48.6 Å². The highest BCUT2D eigenvalue weighted by Gasteiger charge is 2.19. The van der Waals surface area contributed by atoms with Crippen LogP contribution in [0.1, 0.15) is 252 Å². The van der Waals surface area contributed by atoms with Gasteiger partial charge in [-0.1, -0.05) is 223 Å². The lowest BCUT2D eigenvalue weighted by molar-refractivity contribution is -0.167. The maximum atomic E-state index is 12.7. The molecule has 0 N–H and O–H groups in total. The van der Waals surface area contributed by atoms with Crippen molar-refractivity contribution in [1.29, 1.82) is 0 Å². The van der Waals surface area contributed by atoms with Crippen LogP contribution in [0.3, 0.4) is 0 Å². The van der Waals surface area contributed by atoms with Crippen LogP contribution in [-0.4, -0.2) is 37.2 Å². The van der Waals surface area contributed by atoms with Gasteiger partial charge >= 0.3 is 17.9 Å². The zero-order valence-electron chi connectivity index (χ0n) is 39.0. The highest BCUT2D eigenvalue weighted by Crippen LogP contribution is 2.15. The number of rotatable bonds is 45. The molecule has 59 heavy (non-hydrogen) atoms. The van der Waals surface area contributed by atoms with Gasteiger partial charge in [-0.05, 0) is 57.8 Å². The lowest BCUT2D eigenvalue weighted by Crippen LogP contribution is -2.30. The van der Waals surface area contributed by atoms with Crippen LogP contribution in [-0.2, 0) is 28.6 Å². The molecule has 0 aliphatic carbocycles. The van der Waals surface area contributed by atoms with E-state index >= 15 is 0 Å². The summed E-state index contributed by atoms with van der Waals surface area (Å²) in [6.07, 6.45) is 56.6. The van der Waals surface area contributed by atoms with Crippen molar-refractivity contribution in [1.82, 2.24) is 0 Å². The molecule has 0 heterocycles. The predicted octanol–water partition coefficient (Wildman–Crippen LogP) is 16.3. The summed E-state index contributed by atoms with van der Waals surface area (Å²) in [7, 11) is 0. The quantitative estimate of drug-likeness (QED) is 0.0263. The molecule has 0 aromatic carbocycles. The Labute approximate surface area is 365 Å². The molecule has 1 unspecified atom stereocenters. The second-order valence-electron chi connectivity index (χ2n) is 16.7. The van der Waals surface area contributed by atoms with E-state index in [1.165, 1.54) is 141 Å². The molecule has 6 heteroatoms. The van der Waals surface area contributed by atoms with Gasteiger partial charge in [-0.15, -0.1) is 0 Å². The second kappa shape index (κ2) is 48.0. The Morgan fingerprint density at radius 3 is 1.02 bits per heavy atom. The third-order valence-corrected chi connectivity index (χ3v) is 10.8. The number of allylic oxidation sites excluding steroid dienone is 8. The molecule has 0 aliphatic rings. The molecule has 0 saturated carbocycles. The minimum atomic E-state index is -0.789. The molecule has 6 nitrogen and oxygen atoms in total. The molecule has 1 atom stereocenters. The van der Waals surface area contributed by atoms with Crippen molar-refractivity contribution in [3.63, 3.8) is 0 Å². The van der Waals surface area contributed by atoms with Crippen LogP contribution in [0.4, 0.5) is 0 Å². The topological polar surface area (TPSA) is 78.9 Å². The van der Waals surface area contributed by atoms with E-state index in [1.54, 1.807) is 0 Å². The molecule has 0 bridgehead atoms. The summed E-state index contributed by atoms with van der Waals surface area (Å²) in [6, 6.07) is 0. The highest BCUT2D eigenvalue weighted by atomic mass is 16.6. The number of carbonyl (C=O) groups is 3. The number of hydrogen-bond donors (Lipinski definition) is 0. The predicted molar refractivity (Wildman–Crippen MR) is 252 cm³/mol. The van der Waals surface area contributed by atoms with Crippen molar-refractivity contribution in [3.05, 3.63) is 48.6 Å². The average molecular weight is 827 g/mol. The van der Waals surface area contributed by atoms with Crippen molar-refractivity contribution in [2.75, 3.05) is 13.2 Å². The molecule has 0 amide bonds. The van der Waals surface area contributed by atoms with Gasteiger partial charge in [0.15, 0.2) is 6.10 Å². The molecule has 0 spiro atoms. The SMILES string of the molecule is CCCCC/C=C\C/C=C\C/C=C\C/C=C\CCCC(=O)OCC(COC(=O)CCCCCCCCCCCCCC)OC(=O)CCCCCCCCCCCCCC. The first kappa shape index (κ1) is 56.4. The lowest BCUT2D eigenvalue weighted by Gasteiger charge is -2.18. The van der Waals surface area contributed by atoms with E-state index in [0.717, 1.165) is 64.2 Å². The van der Waals surface area contributed by atoms with E-state index in [4.69, 9.17) is 14.2 Å². The van der Waals surface area contributed by atoms with Gasteiger partial charge in [-0.3, -0.25) is 14.4 Å². The molecule has 0 radical (unpaired) electrons. The molecule has 0 aliphatic heterocycles. The Balaban J connectivity index is 4.43. The molecule has 0 aromatic heterocycles. The minimum Gasteiger partial charge on any atom is -0.462 e. The number of esters is 3. The van der Waals surface area contributed by atoms with Gasteiger partial charge < -0.3 is 14.2 Å². The molecular weight excluding hydrogens is 733 g/mol. The summed E-state index contributed by atoms with van der Waals surface area (Å²) in [5.41, 5.74) is 0. The fraction of sp³-hybridized carbons (Fsp3) is 0.792. The van der Waals surface area contributed by atoms with Crippen molar-refractivity contribution < 1.29 is 28.6 Å². The fourth-order valence-electron chi connectivity index (χ4n) is 7.02. The van der Waals surface area contributed by atoms with Crippen LogP contribution >= 0.6 is 0 Å². The van der Waals surface area contributed by atoms with Crippen LogP contribution in [0.25, 0.3) is 0 Å². The van der Waals surface area contributed by atoms with E-state index in [2.05, 4.69) is 69.4 Å². The number of hydrogen-bond acceptors (Lipinski definition) is 6. The number of ether oxygens (including phenoxy) is 3. The summed E-state index contributed by atoms with van der Waals surface area (Å²) in [5, 5.41) is 0. The lowest BCUT2D eigenvalue weighted by atomic mass is 10.0. The second-order valence-corrected chi connectivity index (χ2v) is 16.7. The first-order chi connectivity index (χ1) is 29.0. The zero-order valence-corrected chi connectivity index (χ0v) is 39.0. The molecule has 0 aromatic rings. The maximum absolute atomic E-state index is 12.7. The summed E-state index contributed by atoms with van der Waals surface area (Å²) in [6.45, 7) is 6.56. The average Bonchev–Trinajstić information content (AvgIpc) is 3.23. The van der Waals surface area contributed by atoms with Crippen molar-refractivity contribution in [2.24, 2.45) is 0 Å². The van der Waals surface area contributed by atoms with Crippen molar-refractivity contribution in [2.45, 2.75) is 258 Å².